The lowest BCUT2D eigenvalue weighted by molar-refractivity contribution is -0.152. The highest BCUT2D eigenvalue weighted by atomic mass is 16.6. The van der Waals surface area contributed by atoms with E-state index in [1.54, 1.807) is 14.2 Å². The molecule has 2 atom stereocenters. The number of para-hydroxylation sites is 1. The van der Waals surface area contributed by atoms with E-state index in [0.29, 0.717) is 17.9 Å². The zero-order chi connectivity index (χ0) is 17.1. The molecule has 126 valence electrons. The molecule has 1 aliphatic heterocycles. The second-order valence-electron chi connectivity index (χ2n) is 5.61. The lowest BCUT2D eigenvalue weighted by atomic mass is 9.94. The summed E-state index contributed by atoms with van der Waals surface area (Å²) in [4.78, 5) is 11.5. The third-order valence-corrected chi connectivity index (χ3v) is 4.04. The monoisotopic (exact) mass is 328 g/mol. The highest BCUT2D eigenvalue weighted by molar-refractivity contribution is 5.66. The lowest BCUT2D eigenvalue weighted by Crippen LogP contribution is -2.34. The summed E-state index contributed by atoms with van der Waals surface area (Å²) in [5.74, 6) is 1.73. The van der Waals surface area contributed by atoms with Crippen molar-refractivity contribution in [3.05, 3.63) is 53.6 Å². The Morgan fingerprint density at radius 2 is 1.83 bits per heavy atom. The van der Waals surface area contributed by atoms with Crippen LogP contribution in [0.1, 0.15) is 24.2 Å². The molecule has 0 radical (unpaired) electrons. The van der Waals surface area contributed by atoms with Gasteiger partial charge in [-0.05, 0) is 23.8 Å². The molecule has 5 nitrogen and oxygen atoms in total. The molecule has 24 heavy (non-hydrogen) atoms. The maximum atomic E-state index is 11.5. The first-order valence-electron chi connectivity index (χ1n) is 7.76. The van der Waals surface area contributed by atoms with Crippen LogP contribution in [-0.2, 0) is 16.0 Å². The molecule has 0 fully saturated rings. The Balaban J connectivity index is 1.98. The van der Waals surface area contributed by atoms with Crippen molar-refractivity contribution in [1.82, 2.24) is 0 Å². The van der Waals surface area contributed by atoms with Crippen molar-refractivity contribution in [3.8, 4) is 17.2 Å². The van der Waals surface area contributed by atoms with Crippen LogP contribution in [0.4, 0.5) is 0 Å². The minimum Gasteiger partial charge on any atom is -0.493 e. The van der Waals surface area contributed by atoms with Crippen molar-refractivity contribution in [2.45, 2.75) is 25.6 Å². The fourth-order valence-electron chi connectivity index (χ4n) is 2.95. The van der Waals surface area contributed by atoms with Crippen molar-refractivity contribution in [2.24, 2.45) is 0 Å². The number of ether oxygens (including phenoxy) is 4. The van der Waals surface area contributed by atoms with Gasteiger partial charge < -0.3 is 18.9 Å². The summed E-state index contributed by atoms with van der Waals surface area (Å²) in [6.45, 7) is 1.41. The zero-order valence-electron chi connectivity index (χ0n) is 13.9. The molecule has 1 heterocycles. The Labute approximate surface area is 141 Å². The van der Waals surface area contributed by atoms with E-state index in [4.69, 9.17) is 18.9 Å². The number of hydrogen-bond acceptors (Lipinski definition) is 5. The van der Waals surface area contributed by atoms with Crippen LogP contribution in [-0.4, -0.2) is 26.3 Å². The third-order valence-electron chi connectivity index (χ3n) is 4.04. The van der Waals surface area contributed by atoms with Gasteiger partial charge in [-0.15, -0.1) is 0 Å². The van der Waals surface area contributed by atoms with Crippen LogP contribution in [0.5, 0.6) is 17.2 Å². The molecular weight excluding hydrogens is 308 g/mol. The molecule has 2 aromatic carbocycles. The van der Waals surface area contributed by atoms with Crippen LogP contribution in [0.2, 0.25) is 0 Å². The number of rotatable bonds is 4. The predicted octanol–water partition coefficient (Wildman–Crippen LogP) is 3.31. The topological polar surface area (TPSA) is 54.0 Å². The highest BCUT2D eigenvalue weighted by Gasteiger charge is 2.34. The van der Waals surface area contributed by atoms with E-state index in [1.807, 2.05) is 42.5 Å². The molecule has 0 N–H and O–H groups in total. The molecular formula is C19H20O5. The number of carbonyl (C=O) groups is 1. The first-order valence-corrected chi connectivity index (χ1v) is 7.76. The highest BCUT2D eigenvalue weighted by Crippen LogP contribution is 2.39. The first-order chi connectivity index (χ1) is 11.6. The zero-order valence-corrected chi connectivity index (χ0v) is 13.9. The summed E-state index contributed by atoms with van der Waals surface area (Å²) in [6.07, 6.45) is -0.187. The Morgan fingerprint density at radius 1 is 1.08 bits per heavy atom. The van der Waals surface area contributed by atoms with Crippen LogP contribution in [0, 0.1) is 0 Å². The van der Waals surface area contributed by atoms with Crippen LogP contribution >= 0.6 is 0 Å². The van der Waals surface area contributed by atoms with Crippen molar-refractivity contribution in [2.75, 3.05) is 14.2 Å². The standard InChI is InChI=1S/C19H20O5/c1-12(20)23-18-10-13-6-4-5-7-15(13)24-19(18)14-8-9-16(21-2)17(11-14)22-3/h4-9,11,18-19H,10H2,1-3H3/t18-,19+/m0/s1. The summed E-state index contributed by atoms with van der Waals surface area (Å²) in [5.41, 5.74) is 1.90. The fraction of sp³-hybridized carbons (Fsp3) is 0.316. The number of fused-ring (bicyclic) bond motifs is 1. The van der Waals surface area contributed by atoms with Crippen molar-refractivity contribution in [1.29, 1.82) is 0 Å². The molecule has 0 aliphatic carbocycles. The fourth-order valence-corrected chi connectivity index (χ4v) is 2.95. The van der Waals surface area contributed by atoms with E-state index in [9.17, 15) is 4.79 Å². The number of benzene rings is 2. The molecule has 5 heteroatoms. The molecule has 0 unspecified atom stereocenters. The summed E-state index contributed by atoms with van der Waals surface area (Å²) in [7, 11) is 3.18. The van der Waals surface area contributed by atoms with Crippen LogP contribution in [0.25, 0.3) is 0 Å². The van der Waals surface area contributed by atoms with Crippen LogP contribution < -0.4 is 14.2 Å². The summed E-state index contributed by atoms with van der Waals surface area (Å²) >= 11 is 0. The Kier molecular flexibility index (Phi) is 4.60. The number of carbonyl (C=O) groups excluding carboxylic acids is 1. The Bertz CT molecular complexity index is 740. The van der Waals surface area contributed by atoms with Gasteiger partial charge in [0.25, 0.3) is 0 Å². The maximum absolute atomic E-state index is 11.5. The normalized spacial score (nSPS) is 19.0. The number of esters is 1. The van der Waals surface area contributed by atoms with E-state index < -0.39 is 12.2 Å². The lowest BCUT2D eigenvalue weighted by Gasteiger charge is -2.33. The SMILES string of the molecule is COc1ccc([C@H]2Oc3ccccc3C[C@@H]2OC(C)=O)cc1OC. The van der Waals surface area contributed by atoms with E-state index in [0.717, 1.165) is 16.9 Å². The van der Waals surface area contributed by atoms with Gasteiger partial charge in [0.1, 0.15) is 11.9 Å². The van der Waals surface area contributed by atoms with Gasteiger partial charge in [-0.25, -0.2) is 0 Å². The van der Waals surface area contributed by atoms with Gasteiger partial charge in [0.15, 0.2) is 17.6 Å². The maximum Gasteiger partial charge on any atom is 0.303 e. The van der Waals surface area contributed by atoms with E-state index in [2.05, 4.69) is 0 Å². The van der Waals surface area contributed by atoms with E-state index >= 15 is 0 Å². The molecule has 0 saturated carbocycles. The predicted molar refractivity (Wildman–Crippen MR) is 88.6 cm³/mol. The Morgan fingerprint density at radius 3 is 2.54 bits per heavy atom. The van der Waals surface area contributed by atoms with E-state index in [1.165, 1.54) is 6.92 Å². The average Bonchev–Trinajstić information content (AvgIpc) is 2.60. The molecule has 3 rings (SSSR count). The molecule has 2 aromatic rings. The molecule has 0 spiro atoms. The molecule has 0 bridgehead atoms. The van der Waals surface area contributed by atoms with Gasteiger partial charge in [-0.1, -0.05) is 24.3 Å². The quantitative estimate of drug-likeness (QED) is 0.806. The van der Waals surface area contributed by atoms with Crippen molar-refractivity contribution < 1.29 is 23.7 Å². The van der Waals surface area contributed by atoms with Gasteiger partial charge in [0.05, 0.1) is 14.2 Å². The average molecular weight is 328 g/mol. The largest absolute Gasteiger partial charge is 0.493 e. The Hall–Kier alpha value is -2.69. The van der Waals surface area contributed by atoms with E-state index in [-0.39, 0.29) is 5.97 Å². The van der Waals surface area contributed by atoms with Gasteiger partial charge in [-0.2, -0.15) is 0 Å². The van der Waals surface area contributed by atoms with Gasteiger partial charge in [0, 0.05) is 18.9 Å². The second-order valence-corrected chi connectivity index (χ2v) is 5.61. The molecule has 0 amide bonds. The van der Waals surface area contributed by atoms with Gasteiger partial charge in [0.2, 0.25) is 0 Å². The van der Waals surface area contributed by atoms with Crippen molar-refractivity contribution >= 4 is 5.97 Å². The number of methoxy groups -OCH3 is 2. The number of hydrogen-bond donors (Lipinski definition) is 0. The molecule has 0 saturated heterocycles. The smallest absolute Gasteiger partial charge is 0.303 e. The van der Waals surface area contributed by atoms with Crippen LogP contribution in [0.15, 0.2) is 42.5 Å². The second kappa shape index (κ2) is 6.83. The minimum atomic E-state index is -0.399. The van der Waals surface area contributed by atoms with Crippen molar-refractivity contribution in [3.63, 3.8) is 0 Å². The first kappa shape index (κ1) is 16.2. The summed E-state index contributed by atoms with van der Waals surface area (Å²) < 4.78 is 22.3. The van der Waals surface area contributed by atoms with Crippen LogP contribution in [0.3, 0.4) is 0 Å². The van der Waals surface area contributed by atoms with Gasteiger partial charge in [-0.3, -0.25) is 4.79 Å². The van der Waals surface area contributed by atoms with Gasteiger partial charge >= 0.3 is 5.97 Å². The summed E-state index contributed by atoms with van der Waals surface area (Å²) in [6, 6.07) is 13.4. The molecule has 0 aromatic heterocycles. The summed E-state index contributed by atoms with van der Waals surface area (Å²) in [5, 5.41) is 0. The third kappa shape index (κ3) is 3.15. The minimum absolute atomic E-state index is 0.326. The molecule has 1 aliphatic rings.